The van der Waals surface area contributed by atoms with Crippen molar-refractivity contribution in [2.75, 3.05) is 5.75 Å². The van der Waals surface area contributed by atoms with Crippen molar-refractivity contribution in [3.8, 4) is 6.07 Å². The molecule has 0 bridgehead atoms. The molecule has 106 valence electrons. The van der Waals surface area contributed by atoms with E-state index >= 15 is 0 Å². The van der Waals surface area contributed by atoms with Crippen LogP contribution in [0.25, 0.3) is 0 Å². The molecule has 0 aliphatic rings. The zero-order valence-electron chi connectivity index (χ0n) is 11.6. The van der Waals surface area contributed by atoms with E-state index in [1.807, 2.05) is 6.92 Å². The van der Waals surface area contributed by atoms with Crippen molar-refractivity contribution in [2.45, 2.75) is 33.1 Å². The largest absolute Gasteiger partial charge is 1.00 e. The quantitative estimate of drug-likeness (QED) is 0.197. The predicted octanol–water partition coefficient (Wildman–Crippen LogP) is -2.22. The van der Waals surface area contributed by atoms with Gasteiger partial charge in [0, 0.05) is 6.92 Å². The van der Waals surface area contributed by atoms with Crippen molar-refractivity contribution in [1.29, 1.82) is 5.26 Å². The van der Waals surface area contributed by atoms with Gasteiger partial charge in [-0.25, -0.2) is 4.57 Å². The van der Waals surface area contributed by atoms with Gasteiger partial charge in [0.25, 0.3) is 10.1 Å². The van der Waals surface area contributed by atoms with Gasteiger partial charge in [0.2, 0.25) is 0 Å². The van der Waals surface area contributed by atoms with E-state index in [1.54, 1.807) is 6.07 Å². The summed E-state index contributed by atoms with van der Waals surface area (Å²) in [6.45, 7) is 3.41. The van der Waals surface area contributed by atoms with E-state index in [0.29, 0.717) is 6.42 Å². The van der Waals surface area contributed by atoms with E-state index in [0.717, 1.165) is 12.8 Å². The summed E-state index contributed by atoms with van der Waals surface area (Å²) >= 11 is 0. The van der Waals surface area contributed by atoms with Gasteiger partial charge in [0.05, 0.1) is 11.8 Å². The van der Waals surface area contributed by atoms with Crippen LogP contribution in [0.3, 0.4) is 0 Å². The Morgan fingerprint density at radius 3 is 1.72 bits per heavy atom. The maximum atomic E-state index is 10.1. The molecule has 18 heavy (non-hydrogen) atoms. The van der Waals surface area contributed by atoms with E-state index < -0.39 is 17.9 Å². The van der Waals surface area contributed by atoms with Gasteiger partial charge in [-0.1, -0.05) is 19.8 Å². The molecule has 0 aliphatic heterocycles. The fourth-order valence-corrected chi connectivity index (χ4v) is 1.10. The van der Waals surface area contributed by atoms with Gasteiger partial charge < -0.3 is 16.1 Å². The molecule has 0 saturated heterocycles. The molecule has 0 unspecified atom stereocenters. The minimum Gasteiger partial charge on any atom is -1.00 e. The third kappa shape index (κ3) is 93.7. The topological polar surface area (TPSA) is 156 Å². The number of nitrogens with zero attached hydrogens (tertiary/aromatic N) is 1. The Balaban J connectivity index is -0.0000000565. The average molecular weight is 315 g/mol. The third-order valence-corrected chi connectivity index (χ3v) is 1.81. The summed E-state index contributed by atoms with van der Waals surface area (Å²) in [5, 5.41) is 7.32. The summed E-state index contributed by atoms with van der Waals surface area (Å²) < 4.78 is 37.2. The molecule has 0 spiro atoms. The molecule has 0 aromatic carbocycles. The van der Waals surface area contributed by atoms with Crippen molar-refractivity contribution in [1.82, 2.24) is 0 Å². The van der Waals surface area contributed by atoms with Crippen LogP contribution in [0.4, 0.5) is 0 Å². The Bertz CT molecular complexity index is 345. The average Bonchev–Trinajstić information content (AvgIpc) is 2.00. The summed E-state index contributed by atoms with van der Waals surface area (Å²) in [6.07, 6.45) is 2.39. The number of rotatable bonds is 4. The Morgan fingerprint density at radius 2 is 1.56 bits per heavy atom. The first-order valence-corrected chi connectivity index (χ1v) is 7.69. The molecule has 11 heteroatoms. The molecule has 8 nitrogen and oxygen atoms in total. The van der Waals surface area contributed by atoms with Crippen LogP contribution < -0.4 is 29.6 Å². The number of phosphoric acid groups is 1. The standard InChI is InChI=1S/C5H12O3S.C2H3N.Na.H3O4P.H/c1-2-3-4-5-9(6,7)8;1-2-3;;1-5(2,3)4;/h2-5H2,1H3,(H,6,7,8);1H3;;(H3,1,2,3,4);/q;;+1;;-1. The molecule has 0 saturated carbocycles. The molecule has 0 aromatic rings. The Kier molecular flexibility index (Phi) is 23.3. The van der Waals surface area contributed by atoms with Gasteiger partial charge in [-0.05, 0) is 6.42 Å². The molecule has 0 aromatic heterocycles. The molecule has 4 N–H and O–H groups in total. The monoisotopic (exact) mass is 315 g/mol. The van der Waals surface area contributed by atoms with Crippen LogP contribution in [0.1, 0.15) is 34.5 Å². The van der Waals surface area contributed by atoms with Crippen LogP contribution in [0.5, 0.6) is 0 Å². The van der Waals surface area contributed by atoms with E-state index in [-0.39, 0.29) is 36.7 Å². The van der Waals surface area contributed by atoms with Crippen LogP contribution in [-0.2, 0) is 14.7 Å². The molecular weight excluding hydrogens is 296 g/mol. The van der Waals surface area contributed by atoms with Crippen molar-refractivity contribution < 1.29 is 63.2 Å². The Labute approximate surface area is 131 Å². The number of hydrogen-bond acceptors (Lipinski definition) is 4. The van der Waals surface area contributed by atoms with Gasteiger partial charge in [-0.15, -0.1) is 0 Å². The minimum absolute atomic E-state index is 0. The Morgan fingerprint density at radius 1 is 1.28 bits per heavy atom. The molecule has 0 aliphatic carbocycles. The maximum absolute atomic E-state index is 10.1. The van der Waals surface area contributed by atoms with E-state index in [1.165, 1.54) is 6.92 Å². The molecule has 0 radical (unpaired) electrons. The van der Waals surface area contributed by atoms with Crippen molar-refractivity contribution in [3.63, 3.8) is 0 Å². The van der Waals surface area contributed by atoms with Gasteiger partial charge in [0.1, 0.15) is 0 Å². The fraction of sp³-hybridized carbons (Fsp3) is 0.857. The number of unbranched alkanes of at least 4 members (excludes halogenated alkanes) is 2. The fourth-order valence-electron chi connectivity index (χ4n) is 0.534. The Hall–Kier alpha value is 0.510. The smallest absolute Gasteiger partial charge is 1.00 e. The zero-order valence-corrected chi connectivity index (χ0v) is 14.4. The van der Waals surface area contributed by atoms with Gasteiger partial charge in [-0.3, -0.25) is 4.55 Å². The molecule has 0 fully saturated rings. The summed E-state index contributed by atoms with van der Waals surface area (Å²) in [4.78, 5) is 21.6. The van der Waals surface area contributed by atoms with Gasteiger partial charge in [0.15, 0.2) is 0 Å². The predicted molar refractivity (Wildman–Crippen MR) is 62.6 cm³/mol. The van der Waals surface area contributed by atoms with Gasteiger partial charge in [-0.2, -0.15) is 13.7 Å². The molecule has 0 rings (SSSR count). The summed E-state index contributed by atoms with van der Waals surface area (Å²) in [5.74, 6) is -0.0964. The minimum atomic E-state index is -4.64. The third-order valence-electron chi connectivity index (χ3n) is 1.01. The molecular formula is C7H19NNaO7PS. The van der Waals surface area contributed by atoms with Crippen LogP contribution >= 0.6 is 7.82 Å². The summed E-state index contributed by atoms with van der Waals surface area (Å²) in [5.41, 5.74) is 0. The second kappa shape index (κ2) is 15.6. The van der Waals surface area contributed by atoms with E-state index in [9.17, 15) is 8.42 Å². The van der Waals surface area contributed by atoms with Crippen molar-refractivity contribution >= 4 is 17.9 Å². The summed E-state index contributed by atoms with van der Waals surface area (Å²) in [6, 6.07) is 1.75. The van der Waals surface area contributed by atoms with Crippen molar-refractivity contribution in [2.24, 2.45) is 0 Å². The van der Waals surface area contributed by atoms with Crippen LogP contribution in [0.15, 0.2) is 0 Å². The zero-order chi connectivity index (χ0) is 14.5. The van der Waals surface area contributed by atoms with Crippen molar-refractivity contribution in [3.05, 3.63) is 0 Å². The number of hydrogen-bond donors (Lipinski definition) is 4. The maximum Gasteiger partial charge on any atom is 1.00 e. The molecule has 0 atom stereocenters. The first kappa shape index (κ1) is 27.0. The summed E-state index contributed by atoms with van der Waals surface area (Å²) in [7, 11) is -8.34. The first-order chi connectivity index (χ1) is 7.47. The normalized spacial score (nSPS) is 9.61. The van der Waals surface area contributed by atoms with E-state index in [2.05, 4.69) is 0 Å². The van der Waals surface area contributed by atoms with Crippen LogP contribution in [0, 0.1) is 11.3 Å². The van der Waals surface area contributed by atoms with Gasteiger partial charge >= 0.3 is 37.4 Å². The second-order valence-corrected chi connectivity index (χ2v) is 5.33. The SMILES string of the molecule is CC#N.CCCCCS(=O)(=O)O.O=P(O)(O)O.[H-].[Na+]. The van der Waals surface area contributed by atoms with Crippen LogP contribution in [0.2, 0.25) is 0 Å². The van der Waals surface area contributed by atoms with Crippen LogP contribution in [-0.4, -0.2) is 33.4 Å². The van der Waals surface area contributed by atoms with E-state index in [4.69, 9.17) is 29.1 Å². The number of nitriles is 1. The second-order valence-electron chi connectivity index (χ2n) is 2.73. The first-order valence-electron chi connectivity index (χ1n) is 4.52. The molecule has 0 amide bonds. The molecule has 0 heterocycles.